The zero-order chi connectivity index (χ0) is 9.26. The number of nitrogens with zero attached hydrogens (tertiary/aromatic N) is 2. The van der Waals surface area contributed by atoms with Crippen molar-refractivity contribution in [1.29, 1.82) is 0 Å². The highest BCUT2D eigenvalue weighted by Crippen LogP contribution is 2.27. The van der Waals surface area contributed by atoms with E-state index in [2.05, 4.69) is 29.8 Å². The van der Waals surface area contributed by atoms with Gasteiger partial charge < -0.3 is 4.90 Å². The van der Waals surface area contributed by atoms with Gasteiger partial charge in [-0.05, 0) is 24.0 Å². The lowest BCUT2D eigenvalue weighted by molar-refractivity contribution is 0.309. The fourth-order valence-corrected chi connectivity index (χ4v) is 1.69. The summed E-state index contributed by atoms with van der Waals surface area (Å²) in [6.45, 7) is 6.99. The van der Waals surface area contributed by atoms with Crippen molar-refractivity contribution in [3.63, 3.8) is 0 Å². The summed E-state index contributed by atoms with van der Waals surface area (Å²) in [5.41, 5.74) is 1.26. The van der Waals surface area contributed by atoms with Gasteiger partial charge in [-0.2, -0.15) is 0 Å². The Morgan fingerprint density at radius 3 is 2.77 bits per heavy atom. The average molecular weight is 176 g/mol. The average Bonchev–Trinajstić information content (AvgIpc) is 2.02. The standard InChI is InChI=1S/C11H16N2/c1-9(2)10-7-13(8-10)11-4-3-5-12-6-11/h3-6,9-10H,7-8H2,1-2H3. The van der Waals surface area contributed by atoms with E-state index in [9.17, 15) is 0 Å². The van der Waals surface area contributed by atoms with Crippen LogP contribution in [0.3, 0.4) is 0 Å². The fourth-order valence-electron chi connectivity index (χ4n) is 1.69. The van der Waals surface area contributed by atoms with Gasteiger partial charge >= 0.3 is 0 Å². The summed E-state index contributed by atoms with van der Waals surface area (Å²) in [6, 6.07) is 4.13. The summed E-state index contributed by atoms with van der Waals surface area (Å²) >= 11 is 0. The molecule has 0 atom stereocenters. The van der Waals surface area contributed by atoms with Crippen LogP contribution in [0.5, 0.6) is 0 Å². The Morgan fingerprint density at radius 2 is 2.23 bits per heavy atom. The highest BCUT2D eigenvalue weighted by atomic mass is 15.2. The minimum Gasteiger partial charge on any atom is -0.370 e. The first kappa shape index (κ1) is 8.54. The predicted molar refractivity (Wildman–Crippen MR) is 54.8 cm³/mol. The minimum atomic E-state index is 0.813. The van der Waals surface area contributed by atoms with Gasteiger partial charge in [-0.3, -0.25) is 4.98 Å². The maximum Gasteiger partial charge on any atom is 0.0552 e. The molecule has 0 saturated carbocycles. The second kappa shape index (κ2) is 3.36. The van der Waals surface area contributed by atoms with E-state index < -0.39 is 0 Å². The summed E-state index contributed by atoms with van der Waals surface area (Å²) < 4.78 is 0. The summed E-state index contributed by atoms with van der Waals surface area (Å²) in [7, 11) is 0. The van der Waals surface area contributed by atoms with Crippen LogP contribution in [0.15, 0.2) is 24.5 Å². The second-order valence-corrected chi connectivity index (χ2v) is 4.12. The van der Waals surface area contributed by atoms with E-state index in [1.165, 1.54) is 18.8 Å². The van der Waals surface area contributed by atoms with Gasteiger partial charge in [0.1, 0.15) is 0 Å². The zero-order valence-corrected chi connectivity index (χ0v) is 8.27. The van der Waals surface area contributed by atoms with Gasteiger partial charge in [0.2, 0.25) is 0 Å². The molecular formula is C11H16N2. The van der Waals surface area contributed by atoms with E-state index in [1.54, 1.807) is 0 Å². The van der Waals surface area contributed by atoms with Gasteiger partial charge in [-0.1, -0.05) is 13.8 Å². The van der Waals surface area contributed by atoms with E-state index in [-0.39, 0.29) is 0 Å². The van der Waals surface area contributed by atoms with Gasteiger partial charge in [0.05, 0.1) is 11.9 Å². The fraction of sp³-hybridized carbons (Fsp3) is 0.545. The second-order valence-electron chi connectivity index (χ2n) is 4.12. The Bertz CT molecular complexity index is 263. The summed E-state index contributed by atoms with van der Waals surface area (Å²) in [6.07, 6.45) is 3.76. The molecular weight excluding hydrogens is 160 g/mol. The molecule has 1 saturated heterocycles. The van der Waals surface area contributed by atoms with Crippen LogP contribution >= 0.6 is 0 Å². The number of rotatable bonds is 2. The number of hydrogen-bond donors (Lipinski definition) is 0. The van der Waals surface area contributed by atoms with E-state index in [0.717, 1.165) is 11.8 Å². The lowest BCUT2D eigenvalue weighted by atomic mass is 9.88. The third-order valence-electron chi connectivity index (χ3n) is 2.86. The van der Waals surface area contributed by atoms with Gasteiger partial charge in [0.25, 0.3) is 0 Å². The molecule has 2 nitrogen and oxygen atoms in total. The molecule has 70 valence electrons. The molecule has 1 aliphatic heterocycles. The molecule has 0 aliphatic carbocycles. The smallest absolute Gasteiger partial charge is 0.0552 e. The highest BCUT2D eigenvalue weighted by Gasteiger charge is 2.28. The summed E-state index contributed by atoms with van der Waals surface area (Å²) in [4.78, 5) is 6.50. The van der Waals surface area contributed by atoms with Crippen LogP contribution in [0.25, 0.3) is 0 Å². The molecule has 1 fully saturated rings. The minimum absolute atomic E-state index is 0.813. The van der Waals surface area contributed by atoms with Crippen molar-refractivity contribution in [3.8, 4) is 0 Å². The van der Waals surface area contributed by atoms with E-state index in [1.807, 2.05) is 18.5 Å². The Balaban J connectivity index is 1.94. The summed E-state index contributed by atoms with van der Waals surface area (Å²) in [5, 5.41) is 0. The maximum atomic E-state index is 4.12. The molecule has 13 heavy (non-hydrogen) atoms. The van der Waals surface area contributed by atoms with Crippen LogP contribution < -0.4 is 4.90 Å². The van der Waals surface area contributed by atoms with Crippen molar-refractivity contribution in [2.75, 3.05) is 18.0 Å². The molecule has 2 heterocycles. The Kier molecular flexibility index (Phi) is 2.21. The maximum absolute atomic E-state index is 4.12. The molecule has 0 N–H and O–H groups in total. The monoisotopic (exact) mass is 176 g/mol. The molecule has 0 radical (unpaired) electrons. The number of hydrogen-bond acceptors (Lipinski definition) is 2. The van der Waals surface area contributed by atoms with E-state index in [0.29, 0.717) is 0 Å². The normalized spacial score (nSPS) is 17.6. The molecule has 1 aromatic rings. The third kappa shape index (κ3) is 1.67. The summed E-state index contributed by atoms with van der Waals surface area (Å²) in [5.74, 6) is 1.69. The molecule has 0 amide bonds. The van der Waals surface area contributed by atoms with Crippen LogP contribution in [0.2, 0.25) is 0 Å². The Morgan fingerprint density at radius 1 is 1.46 bits per heavy atom. The number of pyridine rings is 1. The quantitative estimate of drug-likeness (QED) is 0.686. The lowest BCUT2D eigenvalue weighted by Crippen LogP contribution is -2.49. The molecule has 1 aromatic heterocycles. The number of anilines is 1. The van der Waals surface area contributed by atoms with Gasteiger partial charge in [0.15, 0.2) is 0 Å². The molecule has 0 unspecified atom stereocenters. The van der Waals surface area contributed by atoms with Crippen molar-refractivity contribution in [1.82, 2.24) is 4.98 Å². The number of aromatic nitrogens is 1. The molecule has 0 aromatic carbocycles. The van der Waals surface area contributed by atoms with Gasteiger partial charge in [0, 0.05) is 19.3 Å². The predicted octanol–water partition coefficient (Wildman–Crippen LogP) is 2.17. The largest absolute Gasteiger partial charge is 0.370 e. The molecule has 0 bridgehead atoms. The Labute approximate surface area is 79.6 Å². The first-order chi connectivity index (χ1) is 6.27. The molecule has 1 aliphatic rings. The molecule has 2 heteroatoms. The van der Waals surface area contributed by atoms with Crippen molar-refractivity contribution >= 4 is 5.69 Å². The van der Waals surface area contributed by atoms with Crippen molar-refractivity contribution in [2.45, 2.75) is 13.8 Å². The SMILES string of the molecule is CC(C)C1CN(c2cccnc2)C1. The zero-order valence-electron chi connectivity index (χ0n) is 8.27. The lowest BCUT2D eigenvalue weighted by Gasteiger charge is -2.43. The van der Waals surface area contributed by atoms with Gasteiger partial charge in [-0.15, -0.1) is 0 Å². The van der Waals surface area contributed by atoms with Gasteiger partial charge in [-0.25, -0.2) is 0 Å². The highest BCUT2D eigenvalue weighted by molar-refractivity contribution is 5.46. The molecule has 2 rings (SSSR count). The first-order valence-corrected chi connectivity index (χ1v) is 4.92. The van der Waals surface area contributed by atoms with Crippen LogP contribution in [0.1, 0.15) is 13.8 Å². The van der Waals surface area contributed by atoms with Crippen LogP contribution in [0.4, 0.5) is 5.69 Å². The first-order valence-electron chi connectivity index (χ1n) is 4.92. The topological polar surface area (TPSA) is 16.1 Å². The van der Waals surface area contributed by atoms with Crippen molar-refractivity contribution in [3.05, 3.63) is 24.5 Å². The van der Waals surface area contributed by atoms with Crippen LogP contribution in [0, 0.1) is 11.8 Å². The third-order valence-corrected chi connectivity index (χ3v) is 2.86. The molecule has 0 spiro atoms. The van der Waals surface area contributed by atoms with Crippen molar-refractivity contribution < 1.29 is 0 Å². The Hall–Kier alpha value is -1.05. The van der Waals surface area contributed by atoms with E-state index >= 15 is 0 Å². The van der Waals surface area contributed by atoms with E-state index in [4.69, 9.17) is 0 Å². The van der Waals surface area contributed by atoms with Crippen LogP contribution in [-0.2, 0) is 0 Å². The van der Waals surface area contributed by atoms with Crippen LogP contribution in [-0.4, -0.2) is 18.1 Å². The van der Waals surface area contributed by atoms with Crippen molar-refractivity contribution in [2.24, 2.45) is 11.8 Å².